The van der Waals surface area contributed by atoms with E-state index in [0.29, 0.717) is 0 Å². The highest BCUT2D eigenvalue weighted by Gasteiger charge is 2.31. The minimum atomic E-state index is -0.269. The SMILES string of the molecule is CCCNC1C(=O)Nc2cc(-n3ccnc3C)c(Br)cc21. The molecular weight excluding hydrogens is 332 g/mol. The molecule has 0 saturated heterocycles. The van der Waals surface area contributed by atoms with Crippen molar-refractivity contribution in [2.75, 3.05) is 11.9 Å². The molecule has 1 amide bonds. The van der Waals surface area contributed by atoms with E-state index in [-0.39, 0.29) is 11.9 Å². The average molecular weight is 349 g/mol. The normalized spacial score (nSPS) is 16.9. The quantitative estimate of drug-likeness (QED) is 0.892. The number of benzene rings is 1. The van der Waals surface area contributed by atoms with Crippen LogP contribution < -0.4 is 10.6 Å². The monoisotopic (exact) mass is 348 g/mol. The van der Waals surface area contributed by atoms with Crippen molar-refractivity contribution in [1.82, 2.24) is 14.9 Å². The van der Waals surface area contributed by atoms with Gasteiger partial charge >= 0.3 is 0 Å². The van der Waals surface area contributed by atoms with Gasteiger partial charge in [-0.25, -0.2) is 4.98 Å². The summed E-state index contributed by atoms with van der Waals surface area (Å²) in [4.78, 5) is 16.3. The summed E-state index contributed by atoms with van der Waals surface area (Å²) in [5.41, 5.74) is 2.82. The van der Waals surface area contributed by atoms with E-state index in [4.69, 9.17) is 0 Å². The zero-order chi connectivity index (χ0) is 15.0. The molecule has 1 aromatic heterocycles. The van der Waals surface area contributed by atoms with E-state index in [9.17, 15) is 4.79 Å². The Kier molecular flexibility index (Phi) is 3.82. The number of aryl methyl sites for hydroxylation is 1. The molecule has 1 atom stereocenters. The predicted molar refractivity (Wildman–Crippen MR) is 85.7 cm³/mol. The van der Waals surface area contributed by atoms with E-state index in [1.807, 2.05) is 29.8 Å². The number of nitrogens with zero attached hydrogens (tertiary/aromatic N) is 2. The van der Waals surface area contributed by atoms with Crippen molar-refractivity contribution < 1.29 is 4.79 Å². The van der Waals surface area contributed by atoms with Gasteiger partial charge < -0.3 is 15.2 Å². The second-order valence-corrected chi connectivity index (χ2v) is 5.97. The Hall–Kier alpha value is -1.66. The number of carbonyl (C=O) groups is 1. The lowest BCUT2D eigenvalue weighted by Gasteiger charge is -2.13. The highest BCUT2D eigenvalue weighted by Crippen LogP contribution is 2.37. The number of hydrogen-bond donors (Lipinski definition) is 2. The minimum Gasteiger partial charge on any atom is -0.324 e. The summed E-state index contributed by atoms with van der Waals surface area (Å²) in [5, 5.41) is 6.23. The molecule has 5 nitrogen and oxygen atoms in total. The zero-order valence-corrected chi connectivity index (χ0v) is 13.6. The van der Waals surface area contributed by atoms with E-state index in [2.05, 4.69) is 38.5 Å². The molecule has 2 heterocycles. The third kappa shape index (κ3) is 2.49. The lowest BCUT2D eigenvalue weighted by Crippen LogP contribution is -2.28. The van der Waals surface area contributed by atoms with Crippen molar-refractivity contribution in [3.05, 3.63) is 40.4 Å². The number of amides is 1. The Morgan fingerprint density at radius 3 is 2.95 bits per heavy atom. The molecule has 2 aromatic rings. The topological polar surface area (TPSA) is 59.0 Å². The van der Waals surface area contributed by atoms with Crippen molar-refractivity contribution in [2.24, 2.45) is 0 Å². The summed E-state index contributed by atoms with van der Waals surface area (Å²) in [6.45, 7) is 4.85. The van der Waals surface area contributed by atoms with E-state index < -0.39 is 0 Å². The van der Waals surface area contributed by atoms with Crippen molar-refractivity contribution >= 4 is 27.5 Å². The largest absolute Gasteiger partial charge is 0.324 e. The number of carbonyl (C=O) groups excluding carboxylic acids is 1. The van der Waals surface area contributed by atoms with Gasteiger partial charge in [-0.15, -0.1) is 0 Å². The number of rotatable bonds is 4. The molecule has 110 valence electrons. The van der Waals surface area contributed by atoms with Crippen LogP contribution in [0.15, 0.2) is 29.0 Å². The Labute approximate surface area is 131 Å². The first-order valence-electron chi connectivity index (χ1n) is 7.00. The molecular formula is C15H17BrN4O. The zero-order valence-electron chi connectivity index (χ0n) is 12.0. The average Bonchev–Trinajstić information content (AvgIpc) is 2.99. The van der Waals surface area contributed by atoms with Gasteiger partial charge in [0.25, 0.3) is 0 Å². The van der Waals surface area contributed by atoms with Gasteiger partial charge in [0.15, 0.2) is 0 Å². The fourth-order valence-corrected chi connectivity index (χ4v) is 3.13. The Morgan fingerprint density at radius 2 is 2.29 bits per heavy atom. The predicted octanol–water partition coefficient (Wildman–Crippen LogP) is 2.94. The van der Waals surface area contributed by atoms with Gasteiger partial charge in [-0.3, -0.25) is 4.79 Å². The Bertz CT molecular complexity index is 695. The van der Waals surface area contributed by atoms with Crippen molar-refractivity contribution in [2.45, 2.75) is 26.3 Å². The van der Waals surface area contributed by atoms with Gasteiger partial charge in [-0.2, -0.15) is 0 Å². The maximum absolute atomic E-state index is 12.1. The molecule has 3 rings (SSSR count). The maximum atomic E-state index is 12.1. The van der Waals surface area contributed by atoms with E-state index >= 15 is 0 Å². The maximum Gasteiger partial charge on any atom is 0.246 e. The van der Waals surface area contributed by atoms with Crippen LogP contribution in [0.4, 0.5) is 5.69 Å². The van der Waals surface area contributed by atoms with Crippen molar-refractivity contribution in [1.29, 1.82) is 0 Å². The standard InChI is InChI=1S/C15H17BrN4O/c1-3-4-18-14-10-7-11(16)13(8-12(10)19-15(14)21)20-6-5-17-9(20)2/h5-8,14,18H,3-4H2,1-2H3,(H,19,21). The summed E-state index contributed by atoms with van der Waals surface area (Å²) in [6, 6.07) is 3.73. The number of fused-ring (bicyclic) bond motifs is 1. The van der Waals surface area contributed by atoms with Crippen LogP contribution in [0.3, 0.4) is 0 Å². The molecule has 1 aliphatic heterocycles. The molecule has 1 unspecified atom stereocenters. The van der Waals surface area contributed by atoms with Crippen molar-refractivity contribution in [3.63, 3.8) is 0 Å². The van der Waals surface area contributed by atoms with E-state index in [1.54, 1.807) is 6.20 Å². The molecule has 6 heteroatoms. The van der Waals surface area contributed by atoms with Gasteiger partial charge in [-0.05, 0) is 48.0 Å². The van der Waals surface area contributed by atoms with Gasteiger partial charge in [0.2, 0.25) is 5.91 Å². The highest BCUT2D eigenvalue weighted by atomic mass is 79.9. The molecule has 0 aliphatic carbocycles. The first kappa shape index (κ1) is 14.3. The Morgan fingerprint density at radius 1 is 1.48 bits per heavy atom. The molecule has 21 heavy (non-hydrogen) atoms. The molecule has 1 aromatic carbocycles. The number of hydrogen-bond acceptors (Lipinski definition) is 3. The van der Waals surface area contributed by atoms with Crippen LogP contribution in [-0.4, -0.2) is 22.0 Å². The number of nitrogens with one attached hydrogen (secondary N) is 2. The van der Waals surface area contributed by atoms with Crippen LogP contribution in [0.25, 0.3) is 5.69 Å². The minimum absolute atomic E-state index is 0.00449. The van der Waals surface area contributed by atoms with Crippen LogP contribution in [0.5, 0.6) is 0 Å². The third-order valence-corrected chi connectivity index (χ3v) is 4.27. The first-order valence-corrected chi connectivity index (χ1v) is 7.79. The summed E-state index contributed by atoms with van der Waals surface area (Å²) in [6.07, 6.45) is 4.66. The molecule has 0 radical (unpaired) electrons. The molecule has 0 bridgehead atoms. The number of aromatic nitrogens is 2. The van der Waals surface area contributed by atoms with Crippen LogP contribution in [0.2, 0.25) is 0 Å². The second kappa shape index (κ2) is 5.61. The molecule has 1 aliphatic rings. The van der Waals surface area contributed by atoms with Crippen molar-refractivity contribution in [3.8, 4) is 5.69 Å². The first-order chi connectivity index (χ1) is 10.1. The lowest BCUT2D eigenvalue weighted by atomic mass is 10.1. The van der Waals surface area contributed by atoms with Gasteiger partial charge in [0, 0.05) is 28.1 Å². The molecule has 0 spiro atoms. The molecule has 2 N–H and O–H groups in total. The van der Waals surface area contributed by atoms with Gasteiger partial charge in [0.05, 0.1) is 5.69 Å². The lowest BCUT2D eigenvalue weighted by molar-refractivity contribution is -0.117. The third-order valence-electron chi connectivity index (χ3n) is 3.63. The van der Waals surface area contributed by atoms with Gasteiger partial charge in [0.1, 0.15) is 11.9 Å². The smallest absolute Gasteiger partial charge is 0.246 e. The summed E-state index contributed by atoms with van der Waals surface area (Å²) < 4.78 is 2.94. The molecule has 0 saturated carbocycles. The second-order valence-electron chi connectivity index (χ2n) is 5.11. The number of halogens is 1. The summed E-state index contributed by atoms with van der Waals surface area (Å²) >= 11 is 3.61. The van der Waals surface area contributed by atoms with E-state index in [1.165, 1.54) is 0 Å². The molecule has 0 fully saturated rings. The van der Waals surface area contributed by atoms with Crippen LogP contribution in [0.1, 0.15) is 30.8 Å². The fourth-order valence-electron chi connectivity index (χ4n) is 2.58. The number of imidazole rings is 1. The highest BCUT2D eigenvalue weighted by molar-refractivity contribution is 9.10. The van der Waals surface area contributed by atoms with Crippen LogP contribution in [0, 0.1) is 6.92 Å². The van der Waals surface area contributed by atoms with E-state index in [0.717, 1.165) is 40.2 Å². The van der Waals surface area contributed by atoms with Crippen LogP contribution >= 0.6 is 15.9 Å². The number of anilines is 1. The summed E-state index contributed by atoms with van der Waals surface area (Å²) in [7, 11) is 0. The van der Waals surface area contributed by atoms with Crippen LogP contribution in [-0.2, 0) is 4.79 Å². The fraction of sp³-hybridized carbons (Fsp3) is 0.333. The Balaban J connectivity index is 2.02. The van der Waals surface area contributed by atoms with Gasteiger partial charge in [-0.1, -0.05) is 6.92 Å². The summed E-state index contributed by atoms with van der Waals surface area (Å²) in [5.74, 6) is 0.908.